The summed E-state index contributed by atoms with van der Waals surface area (Å²) in [6.07, 6.45) is 29.0. The molecule has 0 amide bonds. The molecule has 0 aliphatic carbocycles. The molecule has 0 aliphatic rings. The second-order valence-electron chi connectivity index (χ2n) is 18.8. The van der Waals surface area contributed by atoms with Crippen molar-refractivity contribution in [3.63, 3.8) is 0 Å². The molecule has 1 unspecified atom stereocenters. The number of benzene rings is 1. The van der Waals surface area contributed by atoms with E-state index in [1.54, 1.807) is 0 Å². The number of carbonyl (C=O) groups is 6. The summed E-state index contributed by atoms with van der Waals surface area (Å²) in [6, 6.07) is 4.49. The van der Waals surface area contributed by atoms with Crippen LogP contribution in [0.2, 0.25) is 0 Å². The Morgan fingerprint density at radius 2 is 0.901 bits per heavy atom. The van der Waals surface area contributed by atoms with Gasteiger partial charge in [0.15, 0.2) is 6.10 Å². The lowest BCUT2D eigenvalue weighted by Crippen LogP contribution is -2.50. The summed E-state index contributed by atoms with van der Waals surface area (Å²) in [5, 5.41) is 37.7. The fourth-order valence-corrected chi connectivity index (χ4v) is 9.12. The number of hydrogen-bond donors (Lipinski definition) is 5. The van der Waals surface area contributed by atoms with Gasteiger partial charge >= 0.3 is 43.6 Å². The summed E-state index contributed by atoms with van der Waals surface area (Å²) < 4.78 is 34.7. The van der Waals surface area contributed by atoms with E-state index in [4.69, 9.17) is 18.5 Å². The Kier molecular flexibility index (Phi) is 37.8. The number of phosphoric acid groups is 1. The predicted octanol–water partition coefficient (Wildman–Crippen LogP) is 10.5. The summed E-state index contributed by atoms with van der Waals surface area (Å²) in [5.74, 6) is -6.60. The molecule has 1 aromatic rings. The van der Waals surface area contributed by atoms with Gasteiger partial charge in [-0.2, -0.15) is 0 Å². The molecule has 5 N–H and O–H groups in total. The molecule has 1 rings (SSSR count). The first-order chi connectivity index (χ1) is 34.0. The van der Waals surface area contributed by atoms with Gasteiger partial charge in [0, 0.05) is 25.4 Å². The molecular weight excluding hydrogens is 940 g/mol. The first-order valence-corrected chi connectivity index (χ1v) is 28.0. The molecule has 0 fully saturated rings. The third-order valence-electron chi connectivity index (χ3n) is 12.1. The fraction of sp³-hybridized carbons (Fsp3) is 0.769. The zero-order chi connectivity index (χ0) is 52.5. The highest BCUT2D eigenvalue weighted by molar-refractivity contribution is 7.47. The molecule has 18 nitrogen and oxygen atoms in total. The zero-order valence-corrected chi connectivity index (χ0v) is 43.9. The lowest BCUT2D eigenvalue weighted by molar-refractivity contribution is -0.161. The number of nitrogens with zero attached hydrogens (tertiary/aromatic N) is 2. The molecule has 0 spiro atoms. The van der Waals surface area contributed by atoms with Gasteiger partial charge < -0.3 is 34.4 Å². The Hall–Kier alpha value is -4.09. The third-order valence-corrected chi connectivity index (χ3v) is 13.0. The predicted molar refractivity (Wildman–Crippen MR) is 270 cm³/mol. The summed E-state index contributed by atoms with van der Waals surface area (Å²) >= 11 is 0. The summed E-state index contributed by atoms with van der Waals surface area (Å²) in [4.78, 5) is 84.7. The monoisotopic (exact) mass is 1030 g/mol. The highest BCUT2D eigenvalue weighted by Crippen LogP contribution is 2.44. The van der Waals surface area contributed by atoms with Gasteiger partial charge in [-0.05, 0) is 37.0 Å². The number of phosphoric ester groups is 1. The first kappa shape index (κ1) is 64.9. The number of esters is 2. The van der Waals surface area contributed by atoms with Crippen LogP contribution in [0.25, 0.3) is 0 Å². The maximum atomic E-state index is 13.2. The molecule has 71 heavy (non-hydrogen) atoms. The molecule has 0 radical (unpaired) electrons. The van der Waals surface area contributed by atoms with E-state index in [0.717, 1.165) is 54.7 Å². The maximum absolute atomic E-state index is 13.2. The zero-order valence-electron chi connectivity index (χ0n) is 43.0. The van der Waals surface area contributed by atoms with Crippen molar-refractivity contribution >= 4 is 43.6 Å². The molecule has 0 bridgehead atoms. The minimum Gasteiger partial charge on any atom is -0.480 e. The van der Waals surface area contributed by atoms with Gasteiger partial charge in [-0.25, -0.2) is 4.57 Å². The van der Waals surface area contributed by atoms with Crippen molar-refractivity contribution < 1.29 is 77.2 Å². The highest BCUT2D eigenvalue weighted by Gasteiger charge is 2.30. The van der Waals surface area contributed by atoms with Crippen LogP contribution in [0.3, 0.4) is 0 Å². The van der Waals surface area contributed by atoms with Gasteiger partial charge in [-0.15, -0.1) is 0 Å². The minimum atomic E-state index is -4.88. The molecule has 1 aromatic carbocycles. The van der Waals surface area contributed by atoms with E-state index in [1.165, 1.54) is 133 Å². The van der Waals surface area contributed by atoms with Crippen molar-refractivity contribution in [1.29, 1.82) is 0 Å². The third kappa shape index (κ3) is 38.2. The molecule has 0 aromatic heterocycles. The van der Waals surface area contributed by atoms with Gasteiger partial charge in [0.05, 0.1) is 26.2 Å². The smallest absolute Gasteiger partial charge is 0.480 e. The molecular formula is C52H89N2O16P. The fourth-order valence-electron chi connectivity index (χ4n) is 8.32. The average molecular weight is 1030 g/mol. The van der Waals surface area contributed by atoms with Gasteiger partial charge in [0.2, 0.25) is 0 Å². The van der Waals surface area contributed by atoms with Crippen LogP contribution in [0.4, 0.5) is 0 Å². The lowest BCUT2D eigenvalue weighted by Gasteiger charge is -2.33. The molecule has 0 heterocycles. The second kappa shape index (κ2) is 41.4. The topological polar surface area (TPSA) is 264 Å². The van der Waals surface area contributed by atoms with Gasteiger partial charge in [0.25, 0.3) is 0 Å². The number of carboxylic acids is 4. The van der Waals surface area contributed by atoms with E-state index in [0.29, 0.717) is 18.4 Å². The maximum Gasteiger partial charge on any atom is 0.527 e. The number of hydrogen-bond acceptors (Lipinski definition) is 13. The Morgan fingerprint density at radius 1 is 0.521 bits per heavy atom. The number of carboxylic acid groups (broad SMARTS) is 4. The van der Waals surface area contributed by atoms with E-state index < -0.39 is 95.2 Å². The summed E-state index contributed by atoms with van der Waals surface area (Å²) in [6.45, 7) is 0.185. The minimum absolute atomic E-state index is 0.0751. The van der Waals surface area contributed by atoms with E-state index in [-0.39, 0.29) is 31.6 Å². The Morgan fingerprint density at radius 3 is 1.30 bits per heavy atom. The van der Waals surface area contributed by atoms with E-state index >= 15 is 0 Å². The standard InChI is InChI=1S/C52H89N2O16P/c1-3-5-7-9-11-13-15-17-19-21-23-25-27-29-51(63)67-41-46(69-52(64)30-28-26-24-22-20-18-16-14-12-10-8-6-4-2)42-68-71(65,66)70-45-33-31-43(32-34-45)35-44(54(39-49(59)60)40-50(61)62)36-53(37-47(55)56)38-48(57)58/h31-34,44,46H,3-30,35-42H2,1-2H3,(H,55,56)(H,57,58)(H,59,60)(H,61,62)(H,65,66)/t44-,46+/m0/s1. The van der Waals surface area contributed by atoms with Crippen molar-refractivity contribution in [2.24, 2.45) is 0 Å². The Balaban J connectivity index is 2.86. The SMILES string of the molecule is CCCCCCCCCCCCCCCC(=O)OC[C@H](COP(=O)(O)Oc1ccc(C[C@@H](CN(CC(=O)O)CC(=O)O)N(CC(=O)O)CC(=O)O)cc1)OC(=O)CCCCCCCCCCCCCCC. The molecule has 0 saturated carbocycles. The molecule has 0 aliphatic heterocycles. The van der Waals surface area contributed by atoms with Crippen molar-refractivity contribution in [3.8, 4) is 5.75 Å². The van der Waals surface area contributed by atoms with Gasteiger partial charge in [0.1, 0.15) is 19.0 Å². The average Bonchev–Trinajstić information content (AvgIpc) is 3.29. The van der Waals surface area contributed by atoms with Crippen LogP contribution in [-0.2, 0) is 53.8 Å². The van der Waals surface area contributed by atoms with Crippen LogP contribution in [-0.4, -0.2) is 129 Å². The number of ether oxygens (including phenoxy) is 2. The van der Waals surface area contributed by atoms with Crippen molar-refractivity contribution in [1.82, 2.24) is 9.80 Å². The van der Waals surface area contributed by atoms with Crippen LogP contribution in [0.5, 0.6) is 5.75 Å². The highest BCUT2D eigenvalue weighted by atomic mass is 31.2. The lowest BCUT2D eigenvalue weighted by atomic mass is 10.0. The molecule has 19 heteroatoms. The Labute approximate surface area is 423 Å². The van der Waals surface area contributed by atoms with Crippen molar-refractivity contribution in [2.75, 3.05) is 45.9 Å². The normalized spacial score (nSPS) is 13.1. The number of carbonyl (C=O) groups excluding carboxylic acids is 2. The van der Waals surface area contributed by atoms with Crippen LogP contribution in [0.1, 0.15) is 199 Å². The summed E-state index contributed by atoms with van der Waals surface area (Å²) in [5.41, 5.74) is 0.443. The van der Waals surface area contributed by atoms with Crippen molar-refractivity contribution in [2.45, 2.75) is 212 Å². The van der Waals surface area contributed by atoms with Gasteiger partial charge in [-0.1, -0.05) is 180 Å². The van der Waals surface area contributed by atoms with Crippen LogP contribution in [0.15, 0.2) is 24.3 Å². The summed E-state index contributed by atoms with van der Waals surface area (Å²) in [7, 11) is -4.88. The molecule has 0 saturated heterocycles. The first-order valence-electron chi connectivity index (χ1n) is 26.5. The second-order valence-corrected chi connectivity index (χ2v) is 20.2. The van der Waals surface area contributed by atoms with Crippen LogP contribution in [0, 0.1) is 0 Å². The van der Waals surface area contributed by atoms with E-state index in [2.05, 4.69) is 13.8 Å². The largest absolute Gasteiger partial charge is 0.527 e. The van der Waals surface area contributed by atoms with Gasteiger partial charge in [-0.3, -0.25) is 48.0 Å². The van der Waals surface area contributed by atoms with E-state index in [1.807, 2.05) is 0 Å². The van der Waals surface area contributed by atoms with Crippen molar-refractivity contribution in [3.05, 3.63) is 29.8 Å². The number of unbranched alkanes of at least 4 members (excludes halogenated alkanes) is 24. The van der Waals surface area contributed by atoms with Crippen LogP contribution < -0.4 is 4.52 Å². The number of aliphatic carboxylic acids is 4. The molecule has 408 valence electrons. The molecule has 3 atom stereocenters. The number of rotatable bonds is 49. The Bertz CT molecular complexity index is 1630. The van der Waals surface area contributed by atoms with Crippen LogP contribution >= 0.6 is 7.82 Å². The van der Waals surface area contributed by atoms with E-state index in [9.17, 15) is 58.7 Å². The quantitative estimate of drug-likeness (QED) is 0.0231.